The molecular weight excluding hydrogens is 452 g/mol. The number of ether oxygens (including phenoxy) is 5. The van der Waals surface area contributed by atoms with Crippen molar-refractivity contribution in [3.05, 3.63) is 72.3 Å². The van der Waals surface area contributed by atoms with Crippen LogP contribution < -0.4 is 34.3 Å². The van der Waals surface area contributed by atoms with Crippen LogP contribution >= 0.6 is 0 Å². The van der Waals surface area contributed by atoms with Gasteiger partial charge in [0, 0.05) is 5.56 Å². The zero-order valence-corrected chi connectivity index (χ0v) is 19.8. The monoisotopic (exact) mass is 480 g/mol. The third kappa shape index (κ3) is 7.29. The van der Waals surface area contributed by atoms with Crippen LogP contribution in [0.4, 0.5) is 5.69 Å². The van der Waals surface area contributed by atoms with Gasteiger partial charge in [-0.05, 0) is 54.6 Å². The first kappa shape index (κ1) is 25.2. The molecular formula is C26H28N2O7. The number of para-hydroxylation sites is 2. The zero-order valence-electron chi connectivity index (χ0n) is 19.8. The van der Waals surface area contributed by atoms with Crippen molar-refractivity contribution < 1.29 is 33.3 Å². The van der Waals surface area contributed by atoms with Gasteiger partial charge in [0.2, 0.25) is 0 Å². The lowest BCUT2D eigenvalue weighted by Crippen LogP contribution is -2.28. The van der Waals surface area contributed by atoms with Gasteiger partial charge in [-0.25, -0.2) is 0 Å². The van der Waals surface area contributed by atoms with Crippen LogP contribution in [0.1, 0.15) is 10.4 Å². The van der Waals surface area contributed by atoms with Crippen LogP contribution in [0.15, 0.2) is 66.7 Å². The fourth-order valence-electron chi connectivity index (χ4n) is 3.11. The molecule has 0 heterocycles. The van der Waals surface area contributed by atoms with E-state index in [1.165, 1.54) is 14.2 Å². The molecule has 0 aliphatic rings. The maximum Gasteiger partial charge on any atom is 0.262 e. The largest absolute Gasteiger partial charge is 0.497 e. The van der Waals surface area contributed by atoms with E-state index in [0.717, 1.165) is 5.75 Å². The van der Waals surface area contributed by atoms with E-state index in [1.54, 1.807) is 67.8 Å². The van der Waals surface area contributed by atoms with Gasteiger partial charge in [0.1, 0.15) is 23.9 Å². The van der Waals surface area contributed by atoms with Crippen LogP contribution in [-0.2, 0) is 4.79 Å². The second-order valence-electron chi connectivity index (χ2n) is 7.18. The summed E-state index contributed by atoms with van der Waals surface area (Å²) in [6, 6.07) is 19.0. The number of benzene rings is 3. The molecule has 0 fully saturated rings. The van der Waals surface area contributed by atoms with E-state index < -0.39 is 0 Å². The average Bonchev–Trinajstić information content (AvgIpc) is 2.90. The predicted octanol–water partition coefficient (Wildman–Crippen LogP) is 3.54. The van der Waals surface area contributed by atoms with Gasteiger partial charge in [-0.15, -0.1) is 0 Å². The Labute approximate surface area is 203 Å². The Hall–Kier alpha value is -4.40. The first-order valence-corrected chi connectivity index (χ1v) is 10.8. The molecule has 0 aromatic heterocycles. The van der Waals surface area contributed by atoms with Crippen LogP contribution in [0.3, 0.4) is 0 Å². The molecule has 0 spiro atoms. The number of anilines is 1. The van der Waals surface area contributed by atoms with E-state index in [2.05, 4.69) is 10.6 Å². The minimum absolute atomic E-state index is 0.247. The van der Waals surface area contributed by atoms with Crippen LogP contribution in [0.5, 0.6) is 28.7 Å². The van der Waals surface area contributed by atoms with Crippen LogP contribution in [-0.4, -0.2) is 52.9 Å². The molecule has 3 aromatic carbocycles. The minimum atomic E-state index is -0.366. The van der Waals surface area contributed by atoms with Gasteiger partial charge in [-0.2, -0.15) is 0 Å². The Morgan fingerprint density at radius 3 is 2.17 bits per heavy atom. The summed E-state index contributed by atoms with van der Waals surface area (Å²) in [5.41, 5.74) is 0.927. The second-order valence-corrected chi connectivity index (χ2v) is 7.18. The van der Waals surface area contributed by atoms with Crippen molar-refractivity contribution in [3.8, 4) is 28.7 Å². The van der Waals surface area contributed by atoms with Gasteiger partial charge in [0.05, 0.1) is 33.6 Å². The van der Waals surface area contributed by atoms with E-state index in [0.29, 0.717) is 47.4 Å². The summed E-state index contributed by atoms with van der Waals surface area (Å²) < 4.78 is 26.9. The molecule has 3 aromatic rings. The highest BCUT2D eigenvalue weighted by atomic mass is 16.5. The summed E-state index contributed by atoms with van der Waals surface area (Å²) in [6.07, 6.45) is 0. The lowest BCUT2D eigenvalue weighted by atomic mass is 10.2. The summed E-state index contributed by atoms with van der Waals surface area (Å²) in [4.78, 5) is 24.8. The molecule has 0 aliphatic carbocycles. The van der Waals surface area contributed by atoms with Crippen molar-refractivity contribution in [1.82, 2.24) is 5.32 Å². The lowest BCUT2D eigenvalue weighted by molar-refractivity contribution is -0.118. The highest BCUT2D eigenvalue weighted by molar-refractivity contribution is 5.95. The van der Waals surface area contributed by atoms with E-state index in [4.69, 9.17) is 23.7 Å². The van der Waals surface area contributed by atoms with E-state index in [1.807, 2.05) is 6.07 Å². The molecule has 3 rings (SSSR count). The average molecular weight is 481 g/mol. The predicted molar refractivity (Wildman–Crippen MR) is 131 cm³/mol. The number of methoxy groups -OCH3 is 3. The Balaban J connectivity index is 1.49. The summed E-state index contributed by atoms with van der Waals surface area (Å²) in [6.45, 7) is 0.370. The number of hydrogen-bond acceptors (Lipinski definition) is 7. The molecule has 9 heteroatoms. The number of rotatable bonds is 12. The number of hydrogen-bond donors (Lipinski definition) is 2. The molecule has 0 radical (unpaired) electrons. The van der Waals surface area contributed by atoms with Crippen molar-refractivity contribution in [1.29, 1.82) is 0 Å². The quantitative estimate of drug-likeness (QED) is 0.382. The van der Waals surface area contributed by atoms with Crippen LogP contribution in [0.25, 0.3) is 0 Å². The first-order chi connectivity index (χ1) is 17.0. The molecule has 35 heavy (non-hydrogen) atoms. The van der Waals surface area contributed by atoms with Crippen molar-refractivity contribution in [3.63, 3.8) is 0 Å². The van der Waals surface area contributed by atoms with E-state index >= 15 is 0 Å². The number of carbonyl (C=O) groups excluding carboxylic acids is 2. The van der Waals surface area contributed by atoms with Gasteiger partial charge >= 0.3 is 0 Å². The Kier molecular flexibility index (Phi) is 9.18. The van der Waals surface area contributed by atoms with Crippen molar-refractivity contribution >= 4 is 17.5 Å². The maximum atomic E-state index is 12.5. The molecule has 0 bridgehead atoms. The summed E-state index contributed by atoms with van der Waals surface area (Å²) in [5, 5.41) is 5.52. The number of carbonyl (C=O) groups is 2. The molecule has 0 saturated carbocycles. The first-order valence-electron chi connectivity index (χ1n) is 10.8. The summed E-state index contributed by atoms with van der Waals surface area (Å²) in [5.74, 6) is 1.97. The molecule has 2 amide bonds. The lowest BCUT2D eigenvalue weighted by Gasteiger charge is -2.13. The van der Waals surface area contributed by atoms with Gasteiger partial charge in [-0.3, -0.25) is 9.59 Å². The molecule has 2 N–H and O–H groups in total. The zero-order chi connectivity index (χ0) is 25.0. The van der Waals surface area contributed by atoms with Crippen LogP contribution in [0, 0.1) is 0 Å². The highest BCUT2D eigenvalue weighted by Gasteiger charge is 2.13. The Morgan fingerprint density at radius 2 is 1.46 bits per heavy atom. The fourth-order valence-corrected chi connectivity index (χ4v) is 3.11. The number of amides is 2. The molecule has 184 valence electrons. The molecule has 0 saturated heterocycles. The Morgan fingerprint density at radius 1 is 0.743 bits per heavy atom. The van der Waals surface area contributed by atoms with Gasteiger partial charge in [0.25, 0.3) is 11.8 Å². The molecule has 0 atom stereocenters. The molecule has 9 nitrogen and oxygen atoms in total. The smallest absolute Gasteiger partial charge is 0.262 e. The SMILES string of the molecule is COc1ccc(OCCNC(=O)c2ccc(OCC(=O)Nc3ccccc3OC)c(OC)c2)cc1. The standard InChI is InChI=1S/C26H28N2O7/c1-31-19-9-11-20(12-10-19)34-15-14-27-26(30)18-8-13-23(24(16-18)33-3)35-17-25(29)28-21-6-4-5-7-22(21)32-2/h4-13,16H,14-15,17H2,1-3H3,(H,27,30)(H,28,29). The van der Waals surface area contributed by atoms with Gasteiger partial charge in [0.15, 0.2) is 18.1 Å². The topological polar surface area (TPSA) is 104 Å². The minimum Gasteiger partial charge on any atom is -0.497 e. The fraction of sp³-hybridized carbons (Fsp3) is 0.231. The van der Waals surface area contributed by atoms with Gasteiger partial charge < -0.3 is 34.3 Å². The molecule has 0 aliphatic heterocycles. The van der Waals surface area contributed by atoms with Crippen molar-refractivity contribution in [2.45, 2.75) is 0 Å². The van der Waals surface area contributed by atoms with Crippen molar-refractivity contribution in [2.24, 2.45) is 0 Å². The highest BCUT2D eigenvalue weighted by Crippen LogP contribution is 2.28. The van der Waals surface area contributed by atoms with Crippen molar-refractivity contribution in [2.75, 3.05) is 46.4 Å². The summed E-state index contributed by atoms with van der Waals surface area (Å²) >= 11 is 0. The van der Waals surface area contributed by atoms with E-state index in [9.17, 15) is 9.59 Å². The number of nitrogens with one attached hydrogen (secondary N) is 2. The Bertz CT molecular complexity index is 1130. The van der Waals surface area contributed by atoms with Crippen LogP contribution in [0.2, 0.25) is 0 Å². The third-order valence-electron chi connectivity index (χ3n) is 4.88. The molecule has 0 unspecified atom stereocenters. The third-order valence-corrected chi connectivity index (χ3v) is 4.88. The normalized spacial score (nSPS) is 10.1. The maximum absolute atomic E-state index is 12.5. The van der Waals surface area contributed by atoms with Gasteiger partial charge in [-0.1, -0.05) is 12.1 Å². The van der Waals surface area contributed by atoms with E-state index in [-0.39, 0.29) is 18.4 Å². The second kappa shape index (κ2) is 12.7. The summed E-state index contributed by atoms with van der Waals surface area (Å²) in [7, 11) is 4.58.